The Labute approximate surface area is 52.0 Å². The van der Waals surface area contributed by atoms with Gasteiger partial charge >= 0.3 is 0 Å². The predicted octanol–water partition coefficient (Wildman–Crippen LogP) is 2.21. The topological polar surface area (TPSA) is 0 Å². The van der Waals surface area contributed by atoms with Gasteiger partial charge in [0.1, 0.15) is 0 Å². The van der Waals surface area contributed by atoms with Crippen LogP contribution >= 0.6 is 27.5 Å². The quantitative estimate of drug-likeness (QED) is 0.558. The highest BCUT2D eigenvalue weighted by molar-refractivity contribution is 9.09. The highest BCUT2D eigenvalue weighted by Crippen LogP contribution is 2.00. The SMILES string of the molecule is [CH2]C(Cl)CCBr. The van der Waals surface area contributed by atoms with Crippen molar-refractivity contribution < 1.29 is 0 Å². The Kier molecular flexibility index (Phi) is 4.45. The van der Waals surface area contributed by atoms with E-state index in [1.165, 1.54) is 0 Å². The van der Waals surface area contributed by atoms with E-state index >= 15 is 0 Å². The molecule has 1 unspecified atom stereocenters. The molecule has 0 bridgehead atoms. The molecule has 0 N–H and O–H groups in total. The predicted molar refractivity (Wildman–Crippen MR) is 33.4 cm³/mol. The van der Waals surface area contributed by atoms with Crippen molar-refractivity contribution in [2.75, 3.05) is 5.33 Å². The molecule has 1 atom stereocenters. The minimum absolute atomic E-state index is 0.0735. The Hall–Kier alpha value is 0.770. The van der Waals surface area contributed by atoms with E-state index in [0.717, 1.165) is 11.8 Å². The largest absolute Gasteiger partial charge is 0.123 e. The van der Waals surface area contributed by atoms with Crippen molar-refractivity contribution in [2.45, 2.75) is 11.8 Å². The van der Waals surface area contributed by atoms with Crippen LogP contribution < -0.4 is 0 Å². The molecule has 6 heavy (non-hydrogen) atoms. The average Bonchev–Trinajstić information content (AvgIpc) is 1.35. The Morgan fingerprint density at radius 2 is 2.33 bits per heavy atom. The van der Waals surface area contributed by atoms with Gasteiger partial charge in [-0.25, -0.2) is 0 Å². The summed E-state index contributed by atoms with van der Waals surface area (Å²) in [6, 6.07) is 0. The van der Waals surface area contributed by atoms with Crippen LogP contribution in [0.15, 0.2) is 0 Å². The zero-order chi connectivity index (χ0) is 4.99. The molecule has 0 amide bonds. The van der Waals surface area contributed by atoms with E-state index in [-0.39, 0.29) is 5.38 Å². The molecule has 0 nitrogen and oxygen atoms in total. The molecule has 0 aromatic carbocycles. The zero-order valence-electron chi connectivity index (χ0n) is 3.45. The first-order valence-electron chi connectivity index (χ1n) is 1.80. The Bertz CT molecular complexity index is 28.7. The number of halogens is 2. The molecule has 0 aliphatic heterocycles. The van der Waals surface area contributed by atoms with Crippen LogP contribution in [0.5, 0.6) is 0 Å². The molecular weight excluding hydrogens is 163 g/mol. The molecule has 0 saturated heterocycles. The zero-order valence-corrected chi connectivity index (χ0v) is 5.80. The molecule has 2 heteroatoms. The first-order chi connectivity index (χ1) is 2.77. The van der Waals surface area contributed by atoms with Gasteiger partial charge in [-0.05, 0) is 13.3 Å². The van der Waals surface area contributed by atoms with E-state index in [1.807, 2.05) is 0 Å². The number of alkyl halides is 2. The van der Waals surface area contributed by atoms with Crippen molar-refractivity contribution >= 4 is 27.5 Å². The maximum absolute atomic E-state index is 5.44. The lowest BCUT2D eigenvalue weighted by Crippen LogP contribution is -1.89. The third-order valence-corrected chi connectivity index (χ3v) is 1.10. The number of hydrogen-bond donors (Lipinski definition) is 0. The van der Waals surface area contributed by atoms with Gasteiger partial charge in [-0.2, -0.15) is 0 Å². The molecule has 0 aliphatic carbocycles. The molecule has 0 aliphatic rings. The molecule has 1 radical (unpaired) electrons. The summed E-state index contributed by atoms with van der Waals surface area (Å²) in [4.78, 5) is 0. The van der Waals surface area contributed by atoms with E-state index in [2.05, 4.69) is 22.9 Å². The molecular formula is C4H7BrCl. The van der Waals surface area contributed by atoms with Gasteiger partial charge < -0.3 is 0 Å². The highest BCUT2D eigenvalue weighted by atomic mass is 79.9. The fourth-order valence-electron chi connectivity index (χ4n) is 0.118. The Morgan fingerprint density at radius 3 is 2.33 bits per heavy atom. The van der Waals surface area contributed by atoms with Crippen molar-refractivity contribution in [3.63, 3.8) is 0 Å². The van der Waals surface area contributed by atoms with Crippen LogP contribution in [0.25, 0.3) is 0 Å². The first-order valence-corrected chi connectivity index (χ1v) is 3.36. The normalized spacial score (nSPS) is 14.5. The third-order valence-electron chi connectivity index (χ3n) is 0.422. The minimum atomic E-state index is 0.0735. The Balaban J connectivity index is 2.63. The molecule has 0 aromatic heterocycles. The van der Waals surface area contributed by atoms with Crippen LogP contribution in [0.3, 0.4) is 0 Å². The van der Waals surface area contributed by atoms with Crippen molar-refractivity contribution in [2.24, 2.45) is 0 Å². The average molecular weight is 170 g/mol. The molecule has 0 saturated carbocycles. The van der Waals surface area contributed by atoms with E-state index in [4.69, 9.17) is 11.6 Å². The van der Waals surface area contributed by atoms with Crippen LogP contribution in [-0.4, -0.2) is 10.7 Å². The summed E-state index contributed by atoms with van der Waals surface area (Å²) in [5.41, 5.74) is 0. The van der Waals surface area contributed by atoms with Crippen molar-refractivity contribution in [1.82, 2.24) is 0 Å². The van der Waals surface area contributed by atoms with Gasteiger partial charge in [0.25, 0.3) is 0 Å². The van der Waals surface area contributed by atoms with Crippen LogP contribution in [0, 0.1) is 6.92 Å². The third kappa shape index (κ3) is 4.77. The van der Waals surface area contributed by atoms with Gasteiger partial charge in [0.15, 0.2) is 0 Å². The van der Waals surface area contributed by atoms with E-state index in [0.29, 0.717) is 0 Å². The summed E-state index contributed by atoms with van der Waals surface area (Å²) in [7, 11) is 0. The molecule has 37 valence electrons. The van der Waals surface area contributed by atoms with Crippen LogP contribution in [0.4, 0.5) is 0 Å². The standard InChI is InChI=1S/C4H7BrCl/c1-4(6)2-3-5/h4H,1-3H2. The summed E-state index contributed by atoms with van der Waals surface area (Å²) in [6.07, 6.45) is 0.946. The second kappa shape index (κ2) is 3.94. The van der Waals surface area contributed by atoms with Crippen molar-refractivity contribution in [1.29, 1.82) is 0 Å². The lowest BCUT2D eigenvalue weighted by Gasteiger charge is -1.92. The second-order valence-electron chi connectivity index (χ2n) is 1.07. The smallest absolute Gasteiger partial charge is 0.0344 e. The highest BCUT2D eigenvalue weighted by Gasteiger charge is 1.89. The van der Waals surface area contributed by atoms with Crippen LogP contribution in [0.2, 0.25) is 0 Å². The van der Waals surface area contributed by atoms with Crippen molar-refractivity contribution in [3.8, 4) is 0 Å². The fraction of sp³-hybridized carbons (Fsp3) is 0.750. The van der Waals surface area contributed by atoms with Gasteiger partial charge in [0.05, 0.1) is 0 Å². The summed E-state index contributed by atoms with van der Waals surface area (Å²) in [5.74, 6) is 0. The second-order valence-corrected chi connectivity index (χ2v) is 2.49. The van der Waals surface area contributed by atoms with Gasteiger partial charge in [0, 0.05) is 10.7 Å². The summed E-state index contributed by atoms with van der Waals surface area (Å²) in [6.45, 7) is 3.56. The van der Waals surface area contributed by atoms with Gasteiger partial charge in [-0.1, -0.05) is 15.9 Å². The number of rotatable bonds is 2. The molecule has 0 aromatic rings. The van der Waals surface area contributed by atoms with Crippen molar-refractivity contribution in [3.05, 3.63) is 6.92 Å². The number of hydrogen-bond acceptors (Lipinski definition) is 0. The monoisotopic (exact) mass is 169 g/mol. The van der Waals surface area contributed by atoms with Gasteiger partial charge in [-0.3, -0.25) is 0 Å². The van der Waals surface area contributed by atoms with Gasteiger partial charge in [0.2, 0.25) is 0 Å². The lowest BCUT2D eigenvalue weighted by molar-refractivity contribution is 0.985. The maximum Gasteiger partial charge on any atom is 0.0344 e. The van der Waals surface area contributed by atoms with E-state index in [9.17, 15) is 0 Å². The molecule has 0 rings (SSSR count). The maximum atomic E-state index is 5.44. The summed E-state index contributed by atoms with van der Waals surface area (Å²) < 4.78 is 0. The molecule has 0 spiro atoms. The summed E-state index contributed by atoms with van der Waals surface area (Å²) >= 11 is 8.66. The van der Waals surface area contributed by atoms with Crippen LogP contribution in [-0.2, 0) is 0 Å². The Morgan fingerprint density at radius 1 is 1.83 bits per heavy atom. The van der Waals surface area contributed by atoms with Gasteiger partial charge in [-0.15, -0.1) is 11.6 Å². The first kappa shape index (κ1) is 6.77. The lowest BCUT2D eigenvalue weighted by atomic mass is 10.4. The molecule has 0 heterocycles. The minimum Gasteiger partial charge on any atom is -0.123 e. The fourth-order valence-corrected chi connectivity index (χ4v) is 1.04. The van der Waals surface area contributed by atoms with Crippen LogP contribution in [0.1, 0.15) is 6.42 Å². The van der Waals surface area contributed by atoms with E-state index in [1.54, 1.807) is 0 Å². The molecule has 0 fully saturated rings. The summed E-state index contributed by atoms with van der Waals surface area (Å²) in [5, 5.41) is 1.02. The van der Waals surface area contributed by atoms with E-state index < -0.39 is 0 Å².